The highest BCUT2D eigenvalue weighted by Crippen LogP contribution is 2.13. The van der Waals surface area contributed by atoms with Gasteiger partial charge in [0.05, 0.1) is 12.8 Å². The fraction of sp³-hybridized carbons (Fsp3) is 0.238. The summed E-state index contributed by atoms with van der Waals surface area (Å²) in [5, 5.41) is 2.93. The molecule has 0 fully saturated rings. The van der Waals surface area contributed by atoms with E-state index in [-0.39, 0.29) is 11.6 Å². The van der Waals surface area contributed by atoms with E-state index in [1.165, 1.54) is 5.56 Å². The molecule has 0 aliphatic heterocycles. The van der Waals surface area contributed by atoms with Gasteiger partial charge in [-0.1, -0.05) is 12.1 Å². The van der Waals surface area contributed by atoms with Crippen LogP contribution in [0.3, 0.4) is 0 Å². The monoisotopic (exact) mass is 365 g/mol. The Morgan fingerprint density at radius 3 is 2.41 bits per heavy atom. The molecule has 2 aromatic carbocycles. The van der Waals surface area contributed by atoms with Crippen LogP contribution < -0.4 is 15.7 Å². The molecule has 0 atom stereocenters. The van der Waals surface area contributed by atoms with Gasteiger partial charge in [-0.15, -0.1) is 0 Å². The van der Waals surface area contributed by atoms with Gasteiger partial charge in [0.1, 0.15) is 5.75 Å². The summed E-state index contributed by atoms with van der Waals surface area (Å²) in [5.41, 5.74) is 3.14. The number of ether oxygens (including phenoxy) is 1. The van der Waals surface area contributed by atoms with E-state index in [9.17, 15) is 9.59 Å². The number of carbonyl (C=O) groups is 1. The van der Waals surface area contributed by atoms with Crippen LogP contribution in [0.25, 0.3) is 5.69 Å². The molecule has 0 saturated carbocycles. The van der Waals surface area contributed by atoms with Gasteiger partial charge in [0, 0.05) is 24.0 Å². The molecule has 3 aromatic rings. The minimum absolute atomic E-state index is 0.116. The average Bonchev–Trinajstić information content (AvgIpc) is 3.04. The Morgan fingerprint density at radius 1 is 1.11 bits per heavy atom. The first kappa shape index (κ1) is 18.5. The quantitative estimate of drug-likeness (QED) is 0.632. The van der Waals surface area contributed by atoms with Crippen molar-refractivity contribution in [2.75, 3.05) is 13.7 Å². The summed E-state index contributed by atoms with van der Waals surface area (Å²) in [6.07, 6.45) is 3.40. The second-order valence-electron chi connectivity index (χ2n) is 6.33. The van der Waals surface area contributed by atoms with Crippen LogP contribution in [0.4, 0.5) is 0 Å². The predicted molar refractivity (Wildman–Crippen MR) is 105 cm³/mol. The zero-order chi connectivity index (χ0) is 19.2. The van der Waals surface area contributed by atoms with Gasteiger partial charge < -0.3 is 15.0 Å². The van der Waals surface area contributed by atoms with Gasteiger partial charge in [-0.25, -0.2) is 4.79 Å². The number of aromatic nitrogens is 2. The van der Waals surface area contributed by atoms with E-state index >= 15 is 0 Å². The van der Waals surface area contributed by atoms with Crippen LogP contribution in [-0.2, 0) is 6.42 Å². The Bertz CT molecular complexity index is 954. The summed E-state index contributed by atoms with van der Waals surface area (Å²) in [5.74, 6) is 0.724. The molecule has 0 aliphatic carbocycles. The van der Waals surface area contributed by atoms with Gasteiger partial charge in [-0.05, 0) is 61.7 Å². The molecule has 6 nitrogen and oxygen atoms in total. The number of methoxy groups -OCH3 is 1. The van der Waals surface area contributed by atoms with Gasteiger partial charge >= 0.3 is 5.69 Å². The molecule has 1 amide bonds. The minimum Gasteiger partial charge on any atom is -0.497 e. The third kappa shape index (κ3) is 4.47. The summed E-state index contributed by atoms with van der Waals surface area (Å²) in [4.78, 5) is 26.7. The number of benzene rings is 2. The fourth-order valence-electron chi connectivity index (χ4n) is 2.93. The molecular weight excluding hydrogens is 342 g/mol. The van der Waals surface area contributed by atoms with E-state index in [2.05, 4.69) is 10.3 Å². The van der Waals surface area contributed by atoms with Gasteiger partial charge in [-0.3, -0.25) is 9.36 Å². The van der Waals surface area contributed by atoms with E-state index in [1.807, 2.05) is 31.2 Å². The van der Waals surface area contributed by atoms with Crippen LogP contribution in [0.5, 0.6) is 5.75 Å². The summed E-state index contributed by atoms with van der Waals surface area (Å²) < 4.78 is 6.71. The number of rotatable bonds is 7. The lowest BCUT2D eigenvalue weighted by Gasteiger charge is -2.08. The lowest BCUT2D eigenvalue weighted by atomic mass is 10.1. The Labute approximate surface area is 157 Å². The Hall–Kier alpha value is -3.28. The number of aromatic amines is 1. The van der Waals surface area contributed by atoms with Crippen molar-refractivity contribution in [3.63, 3.8) is 0 Å². The molecule has 27 heavy (non-hydrogen) atoms. The van der Waals surface area contributed by atoms with Crippen LogP contribution in [0.1, 0.15) is 28.0 Å². The zero-order valence-electron chi connectivity index (χ0n) is 15.5. The first-order chi connectivity index (χ1) is 13.1. The normalized spacial score (nSPS) is 10.6. The van der Waals surface area contributed by atoms with Crippen LogP contribution in [0.2, 0.25) is 0 Å². The maximum absolute atomic E-state index is 12.3. The van der Waals surface area contributed by atoms with Crippen molar-refractivity contribution in [1.29, 1.82) is 0 Å². The van der Waals surface area contributed by atoms with Crippen molar-refractivity contribution in [1.82, 2.24) is 14.9 Å². The average molecular weight is 365 g/mol. The SMILES string of the molecule is COc1ccc(CCCNC(=O)c2ccc(-n3c(C)c[nH]c3=O)cc2)cc1. The first-order valence-corrected chi connectivity index (χ1v) is 8.87. The maximum Gasteiger partial charge on any atom is 0.330 e. The summed E-state index contributed by atoms with van der Waals surface area (Å²) in [6, 6.07) is 14.9. The van der Waals surface area contributed by atoms with Crippen LogP contribution in [-0.4, -0.2) is 29.1 Å². The highest BCUT2D eigenvalue weighted by atomic mass is 16.5. The van der Waals surface area contributed by atoms with E-state index in [0.29, 0.717) is 12.1 Å². The number of carbonyl (C=O) groups excluding carboxylic acids is 1. The lowest BCUT2D eigenvalue weighted by molar-refractivity contribution is 0.0953. The maximum atomic E-state index is 12.3. The van der Waals surface area contributed by atoms with Crippen LogP contribution in [0.15, 0.2) is 59.5 Å². The van der Waals surface area contributed by atoms with Crippen LogP contribution >= 0.6 is 0 Å². The molecule has 0 saturated heterocycles. The Morgan fingerprint density at radius 2 is 1.81 bits per heavy atom. The standard InChI is InChI=1S/C21H23N3O3/c1-15-14-23-21(26)24(15)18-9-7-17(8-10-18)20(25)22-13-3-4-16-5-11-19(27-2)12-6-16/h5-12,14H,3-4,13H2,1-2H3,(H,22,25)(H,23,26). The minimum atomic E-state index is -0.191. The summed E-state index contributed by atoms with van der Waals surface area (Å²) in [6.45, 7) is 2.45. The number of hydrogen-bond donors (Lipinski definition) is 2. The first-order valence-electron chi connectivity index (χ1n) is 8.87. The lowest BCUT2D eigenvalue weighted by Crippen LogP contribution is -2.25. The van der Waals surface area contributed by atoms with Crippen molar-refractivity contribution in [2.45, 2.75) is 19.8 Å². The second kappa shape index (κ2) is 8.40. The molecule has 0 spiro atoms. The molecule has 6 heteroatoms. The molecule has 0 radical (unpaired) electrons. The van der Waals surface area contributed by atoms with Gasteiger partial charge in [0.2, 0.25) is 0 Å². The number of nitrogens with zero attached hydrogens (tertiary/aromatic N) is 1. The largest absolute Gasteiger partial charge is 0.497 e. The van der Waals surface area contributed by atoms with Gasteiger partial charge in [-0.2, -0.15) is 0 Å². The molecule has 0 unspecified atom stereocenters. The Balaban J connectivity index is 1.51. The topological polar surface area (TPSA) is 76.1 Å². The van der Waals surface area contributed by atoms with E-state index in [4.69, 9.17) is 4.74 Å². The second-order valence-corrected chi connectivity index (χ2v) is 6.33. The predicted octanol–water partition coefficient (Wildman–Crippen LogP) is 2.85. The molecule has 1 heterocycles. The summed E-state index contributed by atoms with van der Waals surface area (Å²) >= 11 is 0. The number of imidazole rings is 1. The highest BCUT2D eigenvalue weighted by molar-refractivity contribution is 5.94. The van der Waals surface area contributed by atoms with E-state index < -0.39 is 0 Å². The van der Waals surface area contributed by atoms with Crippen molar-refractivity contribution >= 4 is 5.91 Å². The van der Waals surface area contributed by atoms with Crippen molar-refractivity contribution < 1.29 is 9.53 Å². The highest BCUT2D eigenvalue weighted by Gasteiger charge is 2.08. The molecule has 140 valence electrons. The zero-order valence-corrected chi connectivity index (χ0v) is 15.5. The fourth-order valence-corrected chi connectivity index (χ4v) is 2.93. The molecule has 0 aliphatic rings. The van der Waals surface area contributed by atoms with Crippen molar-refractivity contribution in [2.24, 2.45) is 0 Å². The number of amides is 1. The molecule has 2 N–H and O–H groups in total. The number of H-pyrrole nitrogens is 1. The van der Waals surface area contributed by atoms with Crippen molar-refractivity contribution in [3.8, 4) is 11.4 Å². The molecule has 3 rings (SSSR count). The smallest absolute Gasteiger partial charge is 0.330 e. The summed E-state index contributed by atoms with van der Waals surface area (Å²) in [7, 11) is 1.65. The van der Waals surface area contributed by atoms with Gasteiger partial charge in [0.25, 0.3) is 5.91 Å². The van der Waals surface area contributed by atoms with Crippen LogP contribution in [0, 0.1) is 6.92 Å². The Kier molecular flexibility index (Phi) is 5.76. The van der Waals surface area contributed by atoms with Crippen molar-refractivity contribution in [3.05, 3.63) is 82.0 Å². The number of nitrogens with one attached hydrogen (secondary N) is 2. The molecule has 0 bridgehead atoms. The van der Waals surface area contributed by atoms with Gasteiger partial charge in [0.15, 0.2) is 0 Å². The molecular formula is C21H23N3O3. The number of hydrogen-bond acceptors (Lipinski definition) is 3. The number of aryl methyl sites for hydroxylation is 2. The van der Waals surface area contributed by atoms with E-state index in [1.54, 1.807) is 42.1 Å². The van der Waals surface area contributed by atoms with E-state index in [0.717, 1.165) is 30.0 Å². The molecule has 1 aromatic heterocycles. The third-order valence-electron chi connectivity index (χ3n) is 4.43. The third-order valence-corrected chi connectivity index (χ3v) is 4.43.